The molecule has 106 valence electrons. The van der Waals surface area contributed by atoms with E-state index in [4.69, 9.17) is 0 Å². The minimum atomic E-state index is 0.0837. The van der Waals surface area contributed by atoms with Crippen molar-refractivity contribution in [3.8, 4) is 0 Å². The molecule has 1 aromatic heterocycles. The number of para-hydroxylation sites is 1. The zero-order chi connectivity index (χ0) is 14.3. The number of aliphatic hydroxyl groups is 1. The molecule has 1 aliphatic rings. The van der Waals surface area contributed by atoms with Gasteiger partial charge in [-0.05, 0) is 31.5 Å². The summed E-state index contributed by atoms with van der Waals surface area (Å²) in [6.07, 6.45) is 2.31. The van der Waals surface area contributed by atoms with E-state index in [0.29, 0.717) is 5.92 Å². The van der Waals surface area contributed by atoms with Gasteiger partial charge in [-0.15, -0.1) is 0 Å². The Balaban J connectivity index is 2.17. The number of hydrogen-bond donors (Lipinski definition) is 2. The van der Waals surface area contributed by atoms with E-state index in [1.807, 2.05) is 0 Å². The molecule has 20 heavy (non-hydrogen) atoms. The highest BCUT2D eigenvalue weighted by molar-refractivity contribution is 5.93. The highest BCUT2D eigenvalue weighted by Gasteiger charge is 2.27. The lowest BCUT2D eigenvalue weighted by molar-refractivity contribution is 0.167. The lowest BCUT2D eigenvalue weighted by atomic mass is 9.89. The predicted octanol–water partition coefficient (Wildman–Crippen LogP) is 2.80. The number of aryl methyl sites for hydroxylation is 1. The maximum absolute atomic E-state index is 9.76. The minimum absolute atomic E-state index is 0.0837. The van der Waals surface area contributed by atoms with Gasteiger partial charge in [0.25, 0.3) is 0 Å². The molecule has 2 N–H and O–H groups in total. The third-order valence-electron chi connectivity index (χ3n) is 4.21. The van der Waals surface area contributed by atoms with Crippen LogP contribution in [0, 0.1) is 12.8 Å². The van der Waals surface area contributed by atoms with Crippen LogP contribution in [-0.2, 0) is 0 Å². The van der Waals surface area contributed by atoms with Crippen LogP contribution >= 0.6 is 0 Å². The first kappa shape index (κ1) is 13.4. The predicted molar refractivity (Wildman–Crippen MR) is 83.7 cm³/mol. The van der Waals surface area contributed by atoms with Gasteiger partial charge in [0, 0.05) is 23.2 Å². The lowest BCUT2D eigenvalue weighted by Gasteiger charge is -2.35. The number of rotatable bonds is 2. The van der Waals surface area contributed by atoms with Gasteiger partial charge >= 0.3 is 0 Å². The molecule has 0 saturated heterocycles. The monoisotopic (exact) mass is 270 g/mol. The van der Waals surface area contributed by atoms with Crippen molar-refractivity contribution in [1.82, 2.24) is 9.88 Å². The first-order valence-electron chi connectivity index (χ1n) is 7.21. The molecule has 3 rings (SSSR count). The van der Waals surface area contributed by atoms with Crippen LogP contribution in [0.15, 0.2) is 30.3 Å². The van der Waals surface area contributed by atoms with Gasteiger partial charge in [0.05, 0.1) is 18.2 Å². The van der Waals surface area contributed by atoms with Gasteiger partial charge in [0.2, 0.25) is 0 Å². The molecule has 0 aliphatic carbocycles. The Morgan fingerprint density at radius 2 is 2.20 bits per heavy atom. The van der Waals surface area contributed by atoms with Crippen molar-refractivity contribution in [3.05, 3.63) is 41.6 Å². The van der Waals surface area contributed by atoms with Gasteiger partial charge < -0.3 is 10.1 Å². The molecule has 0 spiro atoms. The normalized spacial score (nSPS) is 24.1. The van der Waals surface area contributed by atoms with E-state index in [-0.39, 0.29) is 12.6 Å². The van der Waals surface area contributed by atoms with Crippen LogP contribution in [0.2, 0.25) is 0 Å². The Morgan fingerprint density at radius 3 is 2.95 bits per heavy atom. The smallest absolute Gasteiger partial charge is 0.0628 e. The van der Waals surface area contributed by atoms with E-state index in [9.17, 15) is 5.11 Å². The summed E-state index contributed by atoms with van der Waals surface area (Å²) >= 11 is 0. The summed E-state index contributed by atoms with van der Waals surface area (Å²) in [5, 5.41) is 11.0. The highest BCUT2D eigenvalue weighted by Crippen LogP contribution is 2.32. The number of benzene rings is 1. The van der Waals surface area contributed by atoms with Crippen LogP contribution in [0.5, 0.6) is 0 Å². The Morgan fingerprint density at radius 1 is 1.40 bits per heavy atom. The summed E-state index contributed by atoms with van der Waals surface area (Å²) < 4.78 is 0. The van der Waals surface area contributed by atoms with Crippen LogP contribution in [0.1, 0.15) is 18.2 Å². The van der Waals surface area contributed by atoms with E-state index in [1.54, 1.807) is 0 Å². The first-order valence-corrected chi connectivity index (χ1v) is 7.21. The second kappa shape index (κ2) is 5.08. The van der Waals surface area contributed by atoms with Gasteiger partial charge in [-0.3, -0.25) is 4.90 Å². The number of nitrogens with zero attached hydrogens (tertiary/aromatic N) is 1. The molecule has 0 radical (unpaired) electrons. The average Bonchev–Trinajstić information content (AvgIpc) is 2.77. The topological polar surface area (TPSA) is 39.3 Å². The van der Waals surface area contributed by atoms with Crippen LogP contribution < -0.4 is 0 Å². The number of aliphatic hydroxyl groups excluding tert-OH is 1. The number of fused-ring (bicyclic) bond motifs is 1. The summed E-state index contributed by atoms with van der Waals surface area (Å²) in [5.74, 6) is 0.504. The Labute approximate surface area is 119 Å². The number of nitrogens with one attached hydrogen (secondary N) is 1. The van der Waals surface area contributed by atoms with Gasteiger partial charge in [0.1, 0.15) is 0 Å². The SMILES string of the molecule is Cc1cc2cccc(C3=C[C@@H](C)CN(C)C3CO)c2[nH]1. The molecule has 1 aliphatic heterocycles. The fourth-order valence-electron chi connectivity index (χ4n) is 3.33. The van der Waals surface area contributed by atoms with E-state index >= 15 is 0 Å². The van der Waals surface area contributed by atoms with Crippen LogP contribution in [0.25, 0.3) is 16.5 Å². The molecule has 1 aromatic carbocycles. The molecule has 0 amide bonds. The fourth-order valence-corrected chi connectivity index (χ4v) is 3.33. The van der Waals surface area contributed by atoms with Crippen molar-refractivity contribution in [1.29, 1.82) is 0 Å². The second-order valence-corrected chi connectivity index (χ2v) is 5.96. The van der Waals surface area contributed by atoms with E-state index in [2.05, 4.69) is 61.1 Å². The molecule has 2 atom stereocenters. The van der Waals surface area contributed by atoms with Crippen molar-refractivity contribution in [2.45, 2.75) is 19.9 Å². The molecule has 0 fully saturated rings. The molecule has 3 heteroatoms. The van der Waals surface area contributed by atoms with Crippen molar-refractivity contribution < 1.29 is 5.11 Å². The number of hydrogen-bond acceptors (Lipinski definition) is 2. The quantitative estimate of drug-likeness (QED) is 0.881. The summed E-state index contributed by atoms with van der Waals surface area (Å²) in [6.45, 7) is 5.46. The maximum atomic E-state index is 9.76. The molecular formula is C17H22N2O. The zero-order valence-corrected chi connectivity index (χ0v) is 12.4. The van der Waals surface area contributed by atoms with Crippen molar-refractivity contribution >= 4 is 16.5 Å². The fraction of sp³-hybridized carbons (Fsp3) is 0.412. The van der Waals surface area contributed by atoms with Gasteiger partial charge in [0.15, 0.2) is 0 Å². The number of aromatic amines is 1. The summed E-state index contributed by atoms with van der Waals surface area (Å²) in [6, 6.07) is 8.63. The van der Waals surface area contributed by atoms with Crippen molar-refractivity contribution in [2.75, 3.05) is 20.2 Å². The number of likely N-dealkylation sites (N-methyl/N-ethyl adjacent to an activating group) is 1. The van der Waals surface area contributed by atoms with Crippen LogP contribution in [0.4, 0.5) is 0 Å². The zero-order valence-electron chi connectivity index (χ0n) is 12.4. The average molecular weight is 270 g/mol. The molecule has 3 nitrogen and oxygen atoms in total. The lowest BCUT2D eigenvalue weighted by Crippen LogP contribution is -2.41. The Bertz CT molecular complexity index is 656. The van der Waals surface area contributed by atoms with Crippen molar-refractivity contribution in [2.24, 2.45) is 5.92 Å². The van der Waals surface area contributed by atoms with Gasteiger partial charge in [-0.25, -0.2) is 0 Å². The van der Waals surface area contributed by atoms with E-state index in [0.717, 1.165) is 6.54 Å². The second-order valence-electron chi connectivity index (χ2n) is 5.96. The van der Waals surface area contributed by atoms with E-state index < -0.39 is 0 Å². The third-order valence-corrected chi connectivity index (χ3v) is 4.21. The minimum Gasteiger partial charge on any atom is -0.394 e. The molecular weight excluding hydrogens is 248 g/mol. The molecule has 0 bridgehead atoms. The Kier molecular flexibility index (Phi) is 3.40. The summed E-state index contributed by atoms with van der Waals surface area (Å²) in [7, 11) is 2.09. The van der Waals surface area contributed by atoms with Gasteiger partial charge in [-0.2, -0.15) is 0 Å². The van der Waals surface area contributed by atoms with Gasteiger partial charge in [-0.1, -0.05) is 31.2 Å². The Hall–Kier alpha value is -1.58. The molecule has 1 unspecified atom stereocenters. The maximum Gasteiger partial charge on any atom is 0.0628 e. The van der Waals surface area contributed by atoms with Crippen molar-refractivity contribution in [3.63, 3.8) is 0 Å². The van der Waals surface area contributed by atoms with E-state index in [1.165, 1.54) is 27.7 Å². The molecule has 2 aromatic rings. The highest BCUT2D eigenvalue weighted by atomic mass is 16.3. The molecule has 2 heterocycles. The summed E-state index contributed by atoms with van der Waals surface area (Å²) in [5.41, 5.74) is 4.80. The standard InChI is InChI=1S/C17H22N2O/c1-11-7-15(16(10-20)19(3)9-11)14-6-4-5-13-8-12(2)18-17(13)14/h4-8,11,16,18,20H,9-10H2,1-3H3/t11-,16?/m1/s1. The van der Waals surface area contributed by atoms with Crippen LogP contribution in [-0.4, -0.2) is 41.2 Å². The summed E-state index contributed by atoms with van der Waals surface area (Å²) in [4.78, 5) is 5.70. The largest absolute Gasteiger partial charge is 0.394 e. The number of aromatic nitrogens is 1. The van der Waals surface area contributed by atoms with Crippen LogP contribution in [0.3, 0.4) is 0 Å². The third kappa shape index (κ3) is 2.17. The molecule has 0 saturated carbocycles. The number of H-pyrrole nitrogens is 1. The first-order chi connectivity index (χ1) is 9.60.